The molecule has 4 heteroatoms. The number of ether oxygens (including phenoxy) is 2. The van der Waals surface area contributed by atoms with Gasteiger partial charge in [0.05, 0.1) is 13.7 Å². The zero-order chi connectivity index (χ0) is 13.4. The van der Waals surface area contributed by atoms with Crippen molar-refractivity contribution in [3.05, 3.63) is 24.3 Å². The molecule has 1 aromatic carbocycles. The fraction of sp³-hybridized carbons (Fsp3) is 0.500. The molecule has 0 saturated carbocycles. The Morgan fingerprint density at radius 1 is 1.22 bits per heavy atom. The van der Waals surface area contributed by atoms with Crippen LogP contribution < -0.4 is 9.64 Å². The van der Waals surface area contributed by atoms with Gasteiger partial charge >= 0.3 is 5.97 Å². The number of hydrogen-bond donors (Lipinski definition) is 0. The first-order valence-electron chi connectivity index (χ1n) is 6.25. The molecular weight excluding hydrogens is 230 g/mol. The molecule has 0 saturated heterocycles. The maximum absolute atomic E-state index is 11.5. The Hall–Kier alpha value is -1.71. The van der Waals surface area contributed by atoms with Crippen molar-refractivity contribution in [1.29, 1.82) is 0 Å². The van der Waals surface area contributed by atoms with Crippen LogP contribution in [-0.2, 0) is 9.53 Å². The number of hydrogen-bond acceptors (Lipinski definition) is 4. The molecular formula is C14H21NO3. The Labute approximate surface area is 108 Å². The number of rotatable bonds is 7. The van der Waals surface area contributed by atoms with Crippen LogP contribution in [0.5, 0.6) is 5.75 Å². The van der Waals surface area contributed by atoms with E-state index in [-0.39, 0.29) is 12.5 Å². The summed E-state index contributed by atoms with van der Waals surface area (Å²) in [6, 6.07) is 7.69. The molecule has 0 spiro atoms. The molecule has 1 rings (SSSR count). The summed E-state index contributed by atoms with van der Waals surface area (Å²) in [6.45, 7) is 5.43. The molecule has 1 aromatic rings. The zero-order valence-corrected chi connectivity index (χ0v) is 11.3. The van der Waals surface area contributed by atoms with E-state index >= 15 is 0 Å². The molecule has 18 heavy (non-hydrogen) atoms. The van der Waals surface area contributed by atoms with Crippen LogP contribution in [0.3, 0.4) is 0 Å². The Balaban J connectivity index is 2.72. The van der Waals surface area contributed by atoms with Crippen LogP contribution in [0, 0.1) is 0 Å². The third-order valence-corrected chi connectivity index (χ3v) is 2.56. The number of nitrogens with zero attached hydrogens (tertiary/aromatic N) is 1. The molecule has 0 heterocycles. The van der Waals surface area contributed by atoms with E-state index in [9.17, 15) is 4.79 Å². The van der Waals surface area contributed by atoms with Gasteiger partial charge in [-0.05, 0) is 37.6 Å². The molecule has 0 fully saturated rings. The number of anilines is 1. The summed E-state index contributed by atoms with van der Waals surface area (Å²) in [5.74, 6) is 0.619. The number of carbonyl (C=O) groups is 1. The minimum absolute atomic E-state index is 0.193. The quantitative estimate of drug-likeness (QED) is 0.698. The fourth-order valence-electron chi connectivity index (χ4n) is 1.72. The van der Waals surface area contributed by atoms with Crippen molar-refractivity contribution in [2.24, 2.45) is 0 Å². The average Bonchev–Trinajstić information content (AvgIpc) is 2.39. The molecule has 0 aromatic heterocycles. The van der Waals surface area contributed by atoms with Crippen LogP contribution >= 0.6 is 0 Å². The van der Waals surface area contributed by atoms with E-state index < -0.39 is 0 Å². The Bertz CT molecular complexity index is 362. The second-order valence-corrected chi connectivity index (χ2v) is 3.92. The number of benzene rings is 1. The summed E-state index contributed by atoms with van der Waals surface area (Å²) in [4.78, 5) is 13.5. The van der Waals surface area contributed by atoms with Gasteiger partial charge in [0, 0.05) is 12.2 Å². The number of carbonyl (C=O) groups excluding carboxylic acids is 1. The van der Waals surface area contributed by atoms with Crippen molar-refractivity contribution in [2.45, 2.75) is 20.3 Å². The summed E-state index contributed by atoms with van der Waals surface area (Å²) in [7, 11) is 1.64. The number of methoxy groups -OCH3 is 1. The van der Waals surface area contributed by atoms with Gasteiger partial charge in [0.2, 0.25) is 0 Å². The Morgan fingerprint density at radius 2 is 1.89 bits per heavy atom. The van der Waals surface area contributed by atoms with E-state index in [0.717, 1.165) is 24.4 Å². The van der Waals surface area contributed by atoms with Gasteiger partial charge in [0.25, 0.3) is 0 Å². The van der Waals surface area contributed by atoms with E-state index in [1.807, 2.05) is 36.1 Å². The lowest BCUT2D eigenvalue weighted by Gasteiger charge is -2.23. The maximum atomic E-state index is 11.5. The van der Waals surface area contributed by atoms with E-state index in [2.05, 4.69) is 6.92 Å². The van der Waals surface area contributed by atoms with Crippen LogP contribution in [0.2, 0.25) is 0 Å². The third-order valence-electron chi connectivity index (χ3n) is 2.56. The molecule has 0 aliphatic rings. The van der Waals surface area contributed by atoms with Crippen LogP contribution in [0.15, 0.2) is 24.3 Å². The molecule has 0 bridgehead atoms. The van der Waals surface area contributed by atoms with Crippen molar-refractivity contribution in [2.75, 3.05) is 31.7 Å². The van der Waals surface area contributed by atoms with E-state index in [4.69, 9.17) is 9.47 Å². The lowest BCUT2D eigenvalue weighted by molar-refractivity contribution is -0.141. The highest BCUT2D eigenvalue weighted by Gasteiger charge is 2.11. The predicted molar refractivity (Wildman–Crippen MR) is 72.1 cm³/mol. The van der Waals surface area contributed by atoms with Crippen LogP contribution in [-0.4, -0.2) is 32.8 Å². The second-order valence-electron chi connectivity index (χ2n) is 3.92. The first kappa shape index (κ1) is 14.4. The largest absolute Gasteiger partial charge is 0.497 e. The lowest BCUT2D eigenvalue weighted by atomic mass is 10.2. The van der Waals surface area contributed by atoms with Gasteiger partial charge in [-0.2, -0.15) is 0 Å². The van der Waals surface area contributed by atoms with Gasteiger partial charge in [0.15, 0.2) is 0 Å². The van der Waals surface area contributed by atoms with Crippen molar-refractivity contribution in [3.8, 4) is 5.75 Å². The van der Waals surface area contributed by atoms with Gasteiger partial charge in [-0.3, -0.25) is 4.79 Å². The summed E-state index contributed by atoms with van der Waals surface area (Å²) in [5.41, 5.74) is 1.01. The first-order valence-corrected chi connectivity index (χ1v) is 6.25. The molecule has 4 nitrogen and oxygen atoms in total. The topological polar surface area (TPSA) is 38.8 Å². The zero-order valence-electron chi connectivity index (χ0n) is 11.3. The molecule has 0 aliphatic heterocycles. The van der Waals surface area contributed by atoms with Crippen LogP contribution in [0.1, 0.15) is 20.3 Å². The highest BCUT2D eigenvalue weighted by Crippen LogP contribution is 2.19. The molecule has 0 radical (unpaired) electrons. The summed E-state index contributed by atoms with van der Waals surface area (Å²) >= 11 is 0. The standard InChI is InChI=1S/C14H21NO3/c1-4-10-15(11-14(16)18-5-2)12-6-8-13(17-3)9-7-12/h6-9H,4-5,10-11H2,1-3H3. The summed E-state index contributed by atoms with van der Waals surface area (Å²) in [6.07, 6.45) is 0.978. The third kappa shape index (κ3) is 4.28. The van der Waals surface area contributed by atoms with Crippen molar-refractivity contribution >= 4 is 11.7 Å². The number of esters is 1. The van der Waals surface area contributed by atoms with Crippen LogP contribution in [0.25, 0.3) is 0 Å². The predicted octanol–water partition coefficient (Wildman–Crippen LogP) is 2.47. The minimum Gasteiger partial charge on any atom is -0.497 e. The lowest BCUT2D eigenvalue weighted by Crippen LogP contribution is -2.31. The fourth-order valence-corrected chi connectivity index (χ4v) is 1.72. The van der Waals surface area contributed by atoms with E-state index in [0.29, 0.717) is 6.61 Å². The molecule has 0 atom stereocenters. The Morgan fingerprint density at radius 3 is 2.39 bits per heavy atom. The smallest absolute Gasteiger partial charge is 0.325 e. The van der Waals surface area contributed by atoms with Gasteiger partial charge in [-0.25, -0.2) is 0 Å². The molecule has 0 amide bonds. The van der Waals surface area contributed by atoms with Crippen molar-refractivity contribution in [1.82, 2.24) is 0 Å². The van der Waals surface area contributed by atoms with E-state index in [1.54, 1.807) is 7.11 Å². The summed E-state index contributed by atoms with van der Waals surface area (Å²) < 4.78 is 10.1. The van der Waals surface area contributed by atoms with Crippen molar-refractivity contribution in [3.63, 3.8) is 0 Å². The van der Waals surface area contributed by atoms with Crippen LogP contribution in [0.4, 0.5) is 5.69 Å². The SMILES string of the molecule is CCCN(CC(=O)OCC)c1ccc(OC)cc1. The Kier molecular flexibility index (Phi) is 6.05. The average molecular weight is 251 g/mol. The van der Waals surface area contributed by atoms with Gasteiger partial charge in [-0.15, -0.1) is 0 Å². The highest BCUT2D eigenvalue weighted by molar-refractivity contribution is 5.75. The second kappa shape index (κ2) is 7.58. The van der Waals surface area contributed by atoms with Crippen molar-refractivity contribution < 1.29 is 14.3 Å². The minimum atomic E-state index is -0.193. The normalized spacial score (nSPS) is 9.94. The molecule has 0 N–H and O–H groups in total. The molecule has 0 unspecified atom stereocenters. The van der Waals surface area contributed by atoms with Gasteiger partial charge in [-0.1, -0.05) is 6.92 Å². The maximum Gasteiger partial charge on any atom is 0.325 e. The van der Waals surface area contributed by atoms with Gasteiger partial charge < -0.3 is 14.4 Å². The highest BCUT2D eigenvalue weighted by atomic mass is 16.5. The monoisotopic (exact) mass is 251 g/mol. The van der Waals surface area contributed by atoms with Gasteiger partial charge in [0.1, 0.15) is 12.3 Å². The summed E-state index contributed by atoms with van der Waals surface area (Å²) in [5, 5.41) is 0. The van der Waals surface area contributed by atoms with E-state index in [1.165, 1.54) is 0 Å². The molecule has 0 aliphatic carbocycles. The molecule has 100 valence electrons. The first-order chi connectivity index (χ1) is 8.71.